The smallest absolute Gasteiger partial charge is 0.309 e. The van der Waals surface area contributed by atoms with E-state index >= 15 is 0 Å². The molecule has 15 heavy (non-hydrogen) atoms. The molecule has 1 N–H and O–H groups in total. The molecule has 82 valence electrons. The fourth-order valence-corrected chi connectivity index (χ4v) is 1.51. The van der Waals surface area contributed by atoms with Gasteiger partial charge in [-0.1, -0.05) is 23.8 Å². The predicted molar refractivity (Wildman–Crippen MR) is 52.1 cm³/mol. The highest BCUT2D eigenvalue weighted by Gasteiger charge is 2.35. The van der Waals surface area contributed by atoms with Crippen LogP contribution in [0.25, 0.3) is 0 Å². The molecule has 0 atom stereocenters. The lowest BCUT2D eigenvalue weighted by Crippen LogP contribution is -2.19. The summed E-state index contributed by atoms with van der Waals surface area (Å²) in [7, 11) is 0. The van der Waals surface area contributed by atoms with E-state index in [1.807, 2.05) is 0 Å². The number of hydrogen-bond acceptors (Lipinski definition) is 1. The number of carboxylic acid groups (broad SMARTS) is 1. The average molecular weight is 214 g/mol. The molecule has 0 radical (unpaired) electrons. The molecule has 0 aliphatic heterocycles. The Morgan fingerprint density at radius 1 is 1.40 bits per heavy atom. The highest BCUT2D eigenvalue weighted by molar-refractivity contribution is 5.68. The Morgan fingerprint density at radius 2 is 2.00 bits per heavy atom. The average Bonchev–Trinajstić information content (AvgIpc) is 1.99. The third-order valence-corrected chi connectivity index (χ3v) is 2.15. The number of carbonyl (C=O) groups is 1. The number of hydrogen-bond donors (Lipinski definition) is 1. The summed E-state index contributed by atoms with van der Waals surface area (Å²) in [4.78, 5) is 10.3. The maximum Gasteiger partial charge on any atom is 0.309 e. The monoisotopic (exact) mass is 214 g/mol. The van der Waals surface area contributed by atoms with Gasteiger partial charge in [0, 0.05) is 5.56 Å². The van der Waals surface area contributed by atoms with E-state index < -0.39 is 18.3 Å². The van der Waals surface area contributed by atoms with Crippen molar-refractivity contribution < 1.29 is 18.7 Å². The molecule has 0 aromatic heterocycles. The molecule has 0 aliphatic rings. The first-order valence-electron chi connectivity index (χ1n) is 4.50. The molecule has 1 rings (SSSR count). The van der Waals surface area contributed by atoms with Crippen LogP contribution in [0, 0.1) is 13.8 Å². The quantitative estimate of drug-likeness (QED) is 0.839. The van der Waals surface area contributed by atoms with Gasteiger partial charge in [0.15, 0.2) is 0 Å². The minimum absolute atomic E-state index is 0.212. The molecule has 1 aromatic rings. The normalized spacial score (nSPS) is 11.5. The van der Waals surface area contributed by atoms with Crippen LogP contribution in [0.1, 0.15) is 23.1 Å². The van der Waals surface area contributed by atoms with Crippen molar-refractivity contribution in [3.8, 4) is 0 Å². The zero-order chi connectivity index (χ0) is 11.6. The van der Waals surface area contributed by atoms with Gasteiger partial charge < -0.3 is 5.11 Å². The van der Waals surface area contributed by atoms with Crippen molar-refractivity contribution in [2.24, 2.45) is 0 Å². The van der Waals surface area contributed by atoms with Crippen molar-refractivity contribution in [1.29, 1.82) is 0 Å². The minimum Gasteiger partial charge on any atom is -0.481 e. The van der Waals surface area contributed by atoms with E-state index in [1.54, 1.807) is 26.0 Å². The highest BCUT2D eigenvalue weighted by atomic mass is 19.3. The minimum atomic E-state index is -3.30. The summed E-state index contributed by atoms with van der Waals surface area (Å²) in [6.07, 6.45) is -1.17. The van der Waals surface area contributed by atoms with E-state index in [9.17, 15) is 13.6 Å². The molecule has 0 fully saturated rings. The number of rotatable bonds is 3. The molecule has 0 heterocycles. The predicted octanol–water partition coefficient (Wildman–Crippen LogP) is 2.87. The van der Waals surface area contributed by atoms with Gasteiger partial charge in [0.1, 0.15) is 6.42 Å². The van der Waals surface area contributed by atoms with Gasteiger partial charge in [-0.05, 0) is 19.4 Å². The second-order valence-electron chi connectivity index (χ2n) is 3.59. The van der Waals surface area contributed by atoms with Gasteiger partial charge >= 0.3 is 5.97 Å². The molecule has 0 unspecified atom stereocenters. The Balaban J connectivity index is 3.09. The Kier molecular flexibility index (Phi) is 3.07. The van der Waals surface area contributed by atoms with E-state index in [1.165, 1.54) is 6.07 Å². The fourth-order valence-electron chi connectivity index (χ4n) is 1.51. The zero-order valence-electron chi connectivity index (χ0n) is 8.55. The number of benzene rings is 1. The second-order valence-corrected chi connectivity index (χ2v) is 3.59. The van der Waals surface area contributed by atoms with Crippen LogP contribution in [0.5, 0.6) is 0 Å². The Labute approximate surface area is 86.5 Å². The summed E-state index contributed by atoms with van der Waals surface area (Å²) in [5.74, 6) is -4.80. The molecule has 4 heteroatoms. The fraction of sp³-hybridized carbons (Fsp3) is 0.364. The Morgan fingerprint density at radius 3 is 2.47 bits per heavy atom. The lowest BCUT2D eigenvalue weighted by Gasteiger charge is -2.17. The molecule has 0 saturated carbocycles. The van der Waals surface area contributed by atoms with Crippen LogP contribution in [0.15, 0.2) is 18.2 Å². The first kappa shape index (κ1) is 11.6. The molecule has 0 bridgehead atoms. The van der Waals surface area contributed by atoms with Crippen LogP contribution in [0.2, 0.25) is 0 Å². The molecule has 0 amide bonds. The largest absolute Gasteiger partial charge is 0.481 e. The lowest BCUT2D eigenvalue weighted by molar-refractivity contribution is -0.145. The number of carboxylic acids is 1. The first-order valence-corrected chi connectivity index (χ1v) is 4.50. The van der Waals surface area contributed by atoms with Crippen molar-refractivity contribution in [2.45, 2.75) is 26.2 Å². The summed E-state index contributed by atoms with van der Waals surface area (Å²) >= 11 is 0. The standard InChI is InChI=1S/C11H12F2O2/c1-7-3-4-9(8(2)5-7)11(12,13)6-10(14)15/h3-5H,6H2,1-2H3,(H,14,15). The SMILES string of the molecule is Cc1ccc(C(F)(F)CC(=O)O)c(C)c1. The van der Waals surface area contributed by atoms with E-state index in [0.717, 1.165) is 5.56 Å². The lowest BCUT2D eigenvalue weighted by atomic mass is 9.98. The molecule has 1 aromatic carbocycles. The number of alkyl halides is 2. The van der Waals surface area contributed by atoms with Gasteiger partial charge in [-0.3, -0.25) is 4.79 Å². The molecular formula is C11H12F2O2. The van der Waals surface area contributed by atoms with Gasteiger partial charge in [-0.2, -0.15) is 0 Å². The van der Waals surface area contributed by atoms with Gasteiger partial charge in [0.05, 0.1) is 0 Å². The van der Waals surface area contributed by atoms with Crippen LogP contribution in [-0.2, 0) is 10.7 Å². The van der Waals surface area contributed by atoms with Crippen molar-refractivity contribution >= 4 is 5.97 Å². The summed E-state index contributed by atoms with van der Waals surface area (Å²) in [6.45, 7) is 3.35. The Bertz CT molecular complexity index is 386. The number of halogens is 2. The third kappa shape index (κ3) is 2.75. The van der Waals surface area contributed by atoms with Gasteiger partial charge in [0.2, 0.25) is 0 Å². The summed E-state index contributed by atoms with van der Waals surface area (Å²) in [6, 6.07) is 4.46. The molecule has 0 aliphatic carbocycles. The molecular weight excluding hydrogens is 202 g/mol. The zero-order valence-corrected chi connectivity index (χ0v) is 8.55. The van der Waals surface area contributed by atoms with Gasteiger partial charge in [0.25, 0.3) is 5.92 Å². The maximum absolute atomic E-state index is 13.4. The number of aliphatic carboxylic acids is 1. The van der Waals surface area contributed by atoms with Crippen molar-refractivity contribution in [1.82, 2.24) is 0 Å². The summed E-state index contributed by atoms with van der Waals surface area (Å²) in [5, 5.41) is 8.38. The van der Waals surface area contributed by atoms with E-state index in [4.69, 9.17) is 5.11 Å². The maximum atomic E-state index is 13.4. The summed E-state index contributed by atoms with van der Waals surface area (Å²) in [5.41, 5.74) is 1.08. The van der Waals surface area contributed by atoms with Crippen molar-refractivity contribution in [3.05, 3.63) is 34.9 Å². The van der Waals surface area contributed by atoms with Crippen LogP contribution in [-0.4, -0.2) is 11.1 Å². The molecule has 0 saturated heterocycles. The second kappa shape index (κ2) is 3.96. The van der Waals surface area contributed by atoms with Crippen LogP contribution in [0.3, 0.4) is 0 Å². The van der Waals surface area contributed by atoms with Crippen LogP contribution in [0.4, 0.5) is 8.78 Å². The van der Waals surface area contributed by atoms with E-state index in [2.05, 4.69) is 0 Å². The number of aryl methyl sites for hydroxylation is 2. The highest BCUT2D eigenvalue weighted by Crippen LogP contribution is 2.33. The van der Waals surface area contributed by atoms with Crippen LogP contribution < -0.4 is 0 Å². The topological polar surface area (TPSA) is 37.3 Å². The van der Waals surface area contributed by atoms with E-state index in [0.29, 0.717) is 5.56 Å². The van der Waals surface area contributed by atoms with Gasteiger partial charge in [-0.15, -0.1) is 0 Å². The van der Waals surface area contributed by atoms with Crippen LogP contribution >= 0.6 is 0 Å². The molecule has 0 spiro atoms. The first-order chi connectivity index (χ1) is 6.83. The van der Waals surface area contributed by atoms with Gasteiger partial charge in [-0.25, -0.2) is 8.78 Å². The third-order valence-electron chi connectivity index (χ3n) is 2.15. The summed E-state index contributed by atoms with van der Waals surface area (Å²) < 4.78 is 26.8. The Hall–Kier alpha value is -1.45. The van der Waals surface area contributed by atoms with E-state index in [-0.39, 0.29) is 5.56 Å². The molecule has 2 nitrogen and oxygen atoms in total. The van der Waals surface area contributed by atoms with Crippen molar-refractivity contribution in [3.63, 3.8) is 0 Å². The van der Waals surface area contributed by atoms with Crippen molar-refractivity contribution in [2.75, 3.05) is 0 Å².